The van der Waals surface area contributed by atoms with E-state index in [9.17, 15) is 22.8 Å². The lowest BCUT2D eigenvalue weighted by molar-refractivity contribution is -0.141. The number of methoxy groups -OCH3 is 1. The summed E-state index contributed by atoms with van der Waals surface area (Å²) in [6.07, 6.45) is -4.41. The molecule has 38 heavy (non-hydrogen) atoms. The lowest BCUT2D eigenvalue weighted by Crippen LogP contribution is -2.34. The number of azide groups is 1. The first-order valence-corrected chi connectivity index (χ1v) is 11.9. The number of ether oxygens (including phenoxy) is 2. The van der Waals surface area contributed by atoms with Crippen LogP contribution in [-0.4, -0.2) is 25.7 Å². The lowest BCUT2D eigenvalue weighted by atomic mass is 9.77. The maximum atomic E-state index is 14.1. The number of carbonyl (C=O) groups excluding carboxylic acids is 2. The van der Waals surface area contributed by atoms with Crippen molar-refractivity contribution in [1.29, 1.82) is 0 Å². The van der Waals surface area contributed by atoms with Crippen LogP contribution in [0.3, 0.4) is 0 Å². The highest BCUT2D eigenvalue weighted by Gasteiger charge is 2.43. The predicted molar refractivity (Wildman–Crippen MR) is 133 cm³/mol. The molecule has 2 aromatic rings. The normalized spacial score (nSPS) is 16.3. The van der Waals surface area contributed by atoms with E-state index < -0.39 is 35.6 Å². The Morgan fingerprint density at radius 1 is 1.08 bits per heavy atom. The van der Waals surface area contributed by atoms with Gasteiger partial charge in [-0.25, -0.2) is 9.59 Å². The smallest absolute Gasteiger partial charge is 0.416 e. The van der Waals surface area contributed by atoms with Gasteiger partial charge in [-0.1, -0.05) is 53.6 Å². The quantitative estimate of drug-likeness (QED) is 0.173. The van der Waals surface area contributed by atoms with Crippen LogP contribution >= 0.6 is 0 Å². The van der Waals surface area contributed by atoms with Crippen LogP contribution in [0.2, 0.25) is 0 Å². The Bertz CT molecular complexity index is 1300. The van der Waals surface area contributed by atoms with Crippen LogP contribution in [0.25, 0.3) is 10.4 Å². The molecule has 200 valence electrons. The van der Waals surface area contributed by atoms with Gasteiger partial charge >= 0.3 is 18.1 Å². The molecule has 0 aromatic heterocycles. The van der Waals surface area contributed by atoms with Crippen LogP contribution in [-0.2, 0) is 25.2 Å². The van der Waals surface area contributed by atoms with Gasteiger partial charge in [-0.2, -0.15) is 13.2 Å². The van der Waals surface area contributed by atoms with Crippen LogP contribution in [0.15, 0.2) is 82.3 Å². The van der Waals surface area contributed by atoms with Gasteiger partial charge in [0.15, 0.2) is 0 Å². The summed E-state index contributed by atoms with van der Waals surface area (Å²) in [6, 6.07) is 13.1. The number of nitrogens with zero attached hydrogens (tertiary/aromatic N) is 3. The average Bonchev–Trinajstić information content (AvgIpc) is 2.90. The van der Waals surface area contributed by atoms with E-state index in [1.807, 2.05) is 6.07 Å². The molecule has 0 saturated carbocycles. The van der Waals surface area contributed by atoms with Gasteiger partial charge in [-0.3, -0.25) is 0 Å². The molecule has 0 amide bonds. The topological polar surface area (TPSA) is 113 Å². The molecule has 1 N–H and O–H groups in total. The molecule has 2 aromatic carbocycles. The summed E-state index contributed by atoms with van der Waals surface area (Å²) in [6.45, 7) is 3.06. The second-order valence-electron chi connectivity index (χ2n) is 8.46. The summed E-state index contributed by atoms with van der Waals surface area (Å²) in [7, 11) is 1.11. The summed E-state index contributed by atoms with van der Waals surface area (Å²) in [4.78, 5) is 29.1. The second kappa shape index (κ2) is 12.3. The molecule has 0 bridgehead atoms. The number of hydrogen-bond donors (Lipinski definition) is 1. The number of nitrogens with one attached hydrogen (secondary N) is 1. The second-order valence-corrected chi connectivity index (χ2v) is 8.46. The Morgan fingerprint density at radius 2 is 1.74 bits per heavy atom. The van der Waals surface area contributed by atoms with Gasteiger partial charge in [-0.05, 0) is 49.4 Å². The molecular formula is C27H27F3N4O4. The zero-order valence-corrected chi connectivity index (χ0v) is 21.1. The van der Waals surface area contributed by atoms with Gasteiger partial charge in [-0.15, -0.1) is 0 Å². The Morgan fingerprint density at radius 3 is 2.34 bits per heavy atom. The lowest BCUT2D eigenvalue weighted by Gasteiger charge is -2.33. The number of dihydropyridines is 1. The average molecular weight is 529 g/mol. The molecule has 0 radical (unpaired) electrons. The SMILES string of the molecule is CCOC(=O)C1=C(CCC(N=[N+]=[N-])c2ccccc2)NC(C)=C(C(=O)OC)C1c1ccccc1C(F)(F)F. The molecule has 3 rings (SSSR count). The van der Waals surface area contributed by atoms with E-state index in [0.29, 0.717) is 0 Å². The first-order valence-electron chi connectivity index (χ1n) is 11.9. The molecule has 1 aliphatic heterocycles. The standard InChI is InChI=1S/C27H27F3N4O4/c1-4-38-26(36)24-21(15-14-20(33-34-31)17-10-6-5-7-11-17)32-16(2)22(25(35)37-3)23(24)18-12-8-9-13-19(18)27(28,29)30/h5-13,20,23,32H,4,14-15H2,1-3H3. The molecule has 11 heteroatoms. The van der Waals surface area contributed by atoms with Crippen LogP contribution in [0, 0.1) is 0 Å². The van der Waals surface area contributed by atoms with E-state index in [4.69, 9.17) is 15.0 Å². The van der Waals surface area contributed by atoms with E-state index >= 15 is 0 Å². The van der Waals surface area contributed by atoms with Crippen molar-refractivity contribution >= 4 is 11.9 Å². The Balaban J connectivity index is 2.21. The van der Waals surface area contributed by atoms with Crippen molar-refractivity contribution in [3.8, 4) is 0 Å². The van der Waals surface area contributed by atoms with Crippen molar-refractivity contribution in [3.05, 3.63) is 104 Å². The van der Waals surface area contributed by atoms with Gasteiger partial charge in [0.1, 0.15) is 0 Å². The minimum absolute atomic E-state index is 0.0368. The molecule has 0 fully saturated rings. The minimum atomic E-state index is -4.75. The number of halogens is 3. The molecule has 2 atom stereocenters. The van der Waals surface area contributed by atoms with Gasteiger partial charge in [0.25, 0.3) is 0 Å². The van der Waals surface area contributed by atoms with Gasteiger partial charge in [0, 0.05) is 16.3 Å². The van der Waals surface area contributed by atoms with Crippen molar-refractivity contribution in [2.24, 2.45) is 5.11 Å². The fraction of sp³-hybridized carbons (Fsp3) is 0.333. The number of esters is 2. The molecule has 2 unspecified atom stereocenters. The fourth-order valence-electron chi connectivity index (χ4n) is 4.55. The van der Waals surface area contributed by atoms with Crippen molar-refractivity contribution < 1.29 is 32.2 Å². The molecule has 0 spiro atoms. The first-order chi connectivity index (χ1) is 18.1. The molecule has 0 aliphatic carbocycles. The van der Waals surface area contributed by atoms with Crippen molar-refractivity contribution in [1.82, 2.24) is 5.32 Å². The number of allylic oxidation sites excluding steroid dienone is 2. The first kappa shape index (κ1) is 28.3. The van der Waals surface area contributed by atoms with Crippen LogP contribution in [0.1, 0.15) is 55.3 Å². The van der Waals surface area contributed by atoms with E-state index in [-0.39, 0.29) is 47.6 Å². The number of rotatable bonds is 9. The van der Waals surface area contributed by atoms with Crippen LogP contribution < -0.4 is 5.32 Å². The molecule has 1 aliphatic rings. The fourth-order valence-corrected chi connectivity index (χ4v) is 4.55. The van der Waals surface area contributed by atoms with Gasteiger partial charge in [0.2, 0.25) is 0 Å². The third-order valence-electron chi connectivity index (χ3n) is 6.17. The summed E-state index contributed by atoms with van der Waals surface area (Å²) in [5.74, 6) is -3.16. The molecule has 8 nitrogen and oxygen atoms in total. The Labute approximate surface area is 217 Å². The van der Waals surface area contributed by atoms with E-state index in [1.54, 1.807) is 31.2 Å². The summed E-state index contributed by atoms with van der Waals surface area (Å²) in [5.41, 5.74) is 8.80. The van der Waals surface area contributed by atoms with E-state index in [2.05, 4.69) is 15.3 Å². The monoisotopic (exact) mass is 528 g/mol. The third-order valence-corrected chi connectivity index (χ3v) is 6.17. The number of carbonyl (C=O) groups is 2. The maximum absolute atomic E-state index is 14.1. The van der Waals surface area contributed by atoms with Gasteiger partial charge in [0.05, 0.1) is 42.4 Å². The Kier molecular flexibility index (Phi) is 9.20. The number of hydrogen-bond acceptors (Lipinski definition) is 6. The van der Waals surface area contributed by atoms with Gasteiger partial charge < -0.3 is 14.8 Å². The minimum Gasteiger partial charge on any atom is -0.466 e. The van der Waals surface area contributed by atoms with Crippen LogP contribution in [0.4, 0.5) is 13.2 Å². The summed E-state index contributed by atoms with van der Waals surface area (Å²) in [5, 5.41) is 6.88. The number of benzene rings is 2. The number of alkyl halides is 3. The molecule has 0 saturated heterocycles. The summed E-state index contributed by atoms with van der Waals surface area (Å²) >= 11 is 0. The zero-order chi connectivity index (χ0) is 27.9. The van der Waals surface area contributed by atoms with Crippen LogP contribution in [0.5, 0.6) is 0 Å². The third kappa shape index (κ3) is 6.18. The van der Waals surface area contributed by atoms with Crippen molar-refractivity contribution in [2.45, 2.75) is 44.8 Å². The highest BCUT2D eigenvalue weighted by atomic mass is 19.4. The maximum Gasteiger partial charge on any atom is 0.416 e. The van der Waals surface area contributed by atoms with Crippen molar-refractivity contribution in [2.75, 3.05) is 13.7 Å². The zero-order valence-electron chi connectivity index (χ0n) is 21.1. The van der Waals surface area contributed by atoms with Crippen molar-refractivity contribution in [3.63, 3.8) is 0 Å². The summed E-state index contributed by atoms with van der Waals surface area (Å²) < 4.78 is 52.4. The molecule has 1 heterocycles. The van der Waals surface area contributed by atoms with E-state index in [1.165, 1.54) is 25.1 Å². The Hall–Kier alpha value is -4.24. The largest absolute Gasteiger partial charge is 0.466 e. The molecular weight excluding hydrogens is 501 g/mol. The predicted octanol–water partition coefficient (Wildman–Crippen LogP) is 6.49. The van der Waals surface area contributed by atoms with E-state index in [0.717, 1.165) is 18.7 Å². The highest BCUT2D eigenvalue weighted by Crippen LogP contribution is 2.45. The highest BCUT2D eigenvalue weighted by molar-refractivity contribution is 6.00.